The highest BCUT2D eigenvalue weighted by molar-refractivity contribution is 5.87. The number of carbonyl (C=O) groups is 2. The van der Waals surface area contributed by atoms with Gasteiger partial charge in [0.15, 0.2) is 0 Å². The van der Waals surface area contributed by atoms with Gasteiger partial charge in [0, 0.05) is 29.4 Å². The number of amides is 1. The van der Waals surface area contributed by atoms with Crippen LogP contribution in [0.5, 0.6) is 0 Å². The lowest BCUT2D eigenvalue weighted by molar-refractivity contribution is -0.146. The Morgan fingerprint density at radius 2 is 2.00 bits per heavy atom. The Bertz CT molecular complexity index is 583. The molecule has 0 radical (unpaired) electrons. The third kappa shape index (κ3) is 1.67. The van der Waals surface area contributed by atoms with Crippen LogP contribution in [-0.4, -0.2) is 22.9 Å². The third-order valence-electron chi connectivity index (χ3n) is 7.25. The molecule has 0 spiro atoms. The quantitative estimate of drug-likeness (QED) is 0.721. The van der Waals surface area contributed by atoms with Gasteiger partial charge in [-0.15, -0.1) is 0 Å². The van der Waals surface area contributed by atoms with Crippen molar-refractivity contribution in [3.63, 3.8) is 0 Å². The summed E-state index contributed by atoms with van der Waals surface area (Å²) in [5.74, 6) is 1.35. The van der Waals surface area contributed by atoms with Gasteiger partial charge in [0.25, 0.3) is 0 Å². The van der Waals surface area contributed by atoms with Crippen molar-refractivity contribution in [2.45, 2.75) is 58.5 Å². The number of allylic oxidation sites excluding steroid dienone is 2. The Labute approximate surface area is 131 Å². The highest BCUT2D eigenvalue weighted by Gasteiger charge is 2.61. The zero-order chi connectivity index (χ0) is 15.7. The van der Waals surface area contributed by atoms with Crippen molar-refractivity contribution >= 4 is 11.7 Å². The number of aliphatic hydroxyl groups excluding tert-OH is 1. The van der Waals surface area contributed by atoms with E-state index in [9.17, 15) is 14.7 Å². The van der Waals surface area contributed by atoms with Crippen molar-refractivity contribution in [2.24, 2.45) is 28.6 Å². The van der Waals surface area contributed by atoms with E-state index in [4.69, 9.17) is 0 Å². The second-order valence-electron chi connectivity index (χ2n) is 8.27. The Morgan fingerprint density at radius 3 is 2.77 bits per heavy atom. The lowest BCUT2D eigenvalue weighted by atomic mass is 9.49. The molecule has 2 N–H and O–H groups in total. The van der Waals surface area contributed by atoms with Crippen LogP contribution in [-0.2, 0) is 9.59 Å². The minimum absolute atomic E-state index is 0.0911. The molecule has 2 saturated carbocycles. The van der Waals surface area contributed by atoms with Gasteiger partial charge in [-0.05, 0) is 43.4 Å². The van der Waals surface area contributed by atoms with Crippen LogP contribution in [0.2, 0.25) is 0 Å². The summed E-state index contributed by atoms with van der Waals surface area (Å²) in [6.45, 7) is 4.26. The normalized spacial score (nSPS) is 50.6. The van der Waals surface area contributed by atoms with Gasteiger partial charge in [-0.3, -0.25) is 9.59 Å². The molecule has 3 fully saturated rings. The molecule has 1 saturated heterocycles. The van der Waals surface area contributed by atoms with Gasteiger partial charge in [0.1, 0.15) is 5.78 Å². The van der Waals surface area contributed by atoms with E-state index in [1.165, 1.54) is 0 Å². The number of fused-ring (bicyclic) bond motifs is 5. The largest absolute Gasteiger partial charge is 0.393 e. The first-order valence-corrected chi connectivity index (χ1v) is 8.58. The van der Waals surface area contributed by atoms with E-state index in [0.29, 0.717) is 36.9 Å². The number of Topliss-reactive ketones (excluding diaryl/α,β-unsaturated/α-hetero) is 1. The maximum Gasteiger partial charge on any atom is 0.224 e. The summed E-state index contributed by atoms with van der Waals surface area (Å²) in [5, 5.41) is 13.9. The molecule has 4 nitrogen and oxygen atoms in total. The molecule has 22 heavy (non-hydrogen) atoms. The van der Waals surface area contributed by atoms with Gasteiger partial charge in [0.2, 0.25) is 5.91 Å². The first-order chi connectivity index (χ1) is 10.4. The smallest absolute Gasteiger partial charge is 0.224 e. The summed E-state index contributed by atoms with van der Waals surface area (Å²) in [6.07, 6.45) is 6.16. The van der Waals surface area contributed by atoms with Gasteiger partial charge < -0.3 is 10.4 Å². The van der Waals surface area contributed by atoms with Crippen molar-refractivity contribution < 1.29 is 14.7 Å². The Balaban J connectivity index is 1.76. The fraction of sp³-hybridized carbons (Fsp3) is 0.778. The average Bonchev–Trinajstić information content (AvgIpc) is 2.75. The van der Waals surface area contributed by atoms with E-state index < -0.39 is 6.10 Å². The number of hydrogen-bond donors (Lipinski definition) is 2. The SMILES string of the molecule is C[C@]12CCC(=O)NC1=CCC1C2[C@@H](O)C[C@]2(C)C(=O)CCC12. The molecule has 1 aliphatic heterocycles. The molecule has 1 heterocycles. The predicted molar refractivity (Wildman–Crippen MR) is 81.6 cm³/mol. The summed E-state index contributed by atoms with van der Waals surface area (Å²) in [5.41, 5.74) is 0.528. The minimum Gasteiger partial charge on any atom is -0.393 e. The summed E-state index contributed by atoms with van der Waals surface area (Å²) in [7, 11) is 0. The van der Waals surface area contributed by atoms with E-state index in [1.54, 1.807) is 0 Å². The van der Waals surface area contributed by atoms with Crippen molar-refractivity contribution in [2.75, 3.05) is 0 Å². The summed E-state index contributed by atoms with van der Waals surface area (Å²) in [4.78, 5) is 24.1. The number of ketones is 1. The number of aliphatic hydroxyl groups is 1. The summed E-state index contributed by atoms with van der Waals surface area (Å²) < 4.78 is 0. The lowest BCUT2D eigenvalue weighted by Crippen LogP contribution is -2.58. The Hall–Kier alpha value is -1.16. The van der Waals surface area contributed by atoms with Crippen LogP contribution < -0.4 is 5.32 Å². The highest BCUT2D eigenvalue weighted by Crippen LogP contribution is 2.62. The number of nitrogens with one attached hydrogen (secondary N) is 1. The standard InChI is InChI=1S/C18H25NO3/c1-17-8-7-15(22)19-13(17)5-3-10-11-4-6-14(21)18(11,2)9-12(20)16(10)17/h5,10-12,16,20H,3-4,6-9H2,1-2H3,(H,19,22)/t10?,11?,12-,16?,17-,18-/m0/s1. The molecule has 0 aromatic carbocycles. The van der Waals surface area contributed by atoms with Gasteiger partial charge >= 0.3 is 0 Å². The second kappa shape index (κ2) is 4.44. The minimum atomic E-state index is -0.447. The predicted octanol–water partition coefficient (Wildman–Crippen LogP) is 2.17. The number of hydrogen-bond acceptors (Lipinski definition) is 3. The van der Waals surface area contributed by atoms with Crippen LogP contribution in [0.4, 0.5) is 0 Å². The number of piperidine rings is 1. The molecule has 3 aliphatic carbocycles. The average molecular weight is 303 g/mol. The fourth-order valence-corrected chi connectivity index (χ4v) is 6.10. The molecule has 4 aliphatic rings. The second-order valence-corrected chi connectivity index (χ2v) is 8.27. The maximum atomic E-state index is 12.4. The molecule has 0 aromatic rings. The van der Waals surface area contributed by atoms with E-state index in [1.807, 2.05) is 0 Å². The molecule has 4 rings (SSSR count). The highest BCUT2D eigenvalue weighted by atomic mass is 16.3. The van der Waals surface area contributed by atoms with Crippen molar-refractivity contribution in [3.8, 4) is 0 Å². The van der Waals surface area contributed by atoms with Crippen LogP contribution in [0.1, 0.15) is 52.4 Å². The van der Waals surface area contributed by atoms with Gasteiger partial charge in [-0.1, -0.05) is 19.9 Å². The molecule has 120 valence electrons. The van der Waals surface area contributed by atoms with E-state index in [-0.39, 0.29) is 22.7 Å². The van der Waals surface area contributed by atoms with Crippen molar-refractivity contribution in [1.29, 1.82) is 0 Å². The Morgan fingerprint density at radius 1 is 1.23 bits per heavy atom. The molecular formula is C18H25NO3. The molecule has 3 unspecified atom stereocenters. The number of rotatable bonds is 0. The molecule has 0 bridgehead atoms. The van der Waals surface area contributed by atoms with Crippen molar-refractivity contribution in [1.82, 2.24) is 5.32 Å². The Kier molecular flexibility index (Phi) is 2.91. The fourth-order valence-electron chi connectivity index (χ4n) is 6.10. The van der Waals surface area contributed by atoms with Crippen LogP contribution >= 0.6 is 0 Å². The van der Waals surface area contributed by atoms with Crippen LogP contribution in [0.3, 0.4) is 0 Å². The van der Waals surface area contributed by atoms with E-state index in [0.717, 1.165) is 25.0 Å². The van der Waals surface area contributed by atoms with Crippen LogP contribution in [0.15, 0.2) is 11.8 Å². The topological polar surface area (TPSA) is 66.4 Å². The summed E-state index contributed by atoms with van der Waals surface area (Å²) in [6, 6.07) is 0. The molecule has 1 amide bonds. The molecule has 4 heteroatoms. The van der Waals surface area contributed by atoms with Gasteiger partial charge in [-0.2, -0.15) is 0 Å². The van der Waals surface area contributed by atoms with Gasteiger partial charge in [0.05, 0.1) is 6.10 Å². The molecule has 0 aromatic heterocycles. The lowest BCUT2D eigenvalue weighted by Gasteiger charge is -2.57. The van der Waals surface area contributed by atoms with Gasteiger partial charge in [-0.25, -0.2) is 0 Å². The third-order valence-corrected chi connectivity index (χ3v) is 7.25. The molecule has 6 atom stereocenters. The van der Waals surface area contributed by atoms with Crippen molar-refractivity contribution in [3.05, 3.63) is 11.8 Å². The van der Waals surface area contributed by atoms with E-state index >= 15 is 0 Å². The molecular weight excluding hydrogens is 278 g/mol. The first kappa shape index (κ1) is 14.4. The first-order valence-electron chi connectivity index (χ1n) is 8.58. The van der Waals surface area contributed by atoms with E-state index in [2.05, 4.69) is 25.2 Å². The maximum absolute atomic E-state index is 12.4. The zero-order valence-corrected chi connectivity index (χ0v) is 13.4. The monoisotopic (exact) mass is 303 g/mol. The number of carbonyl (C=O) groups excluding carboxylic acids is 2. The summed E-state index contributed by atoms with van der Waals surface area (Å²) >= 11 is 0. The van der Waals surface area contributed by atoms with Crippen LogP contribution in [0, 0.1) is 28.6 Å². The zero-order valence-electron chi connectivity index (χ0n) is 13.4. The van der Waals surface area contributed by atoms with Crippen LogP contribution in [0.25, 0.3) is 0 Å².